The normalized spacial score (nSPS) is 23.8. The Morgan fingerprint density at radius 3 is 2.75 bits per heavy atom. The minimum Gasteiger partial charge on any atom is -0.364 e. The predicted octanol–water partition coefficient (Wildman–Crippen LogP) is 0.332. The van der Waals surface area contributed by atoms with Crippen molar-refractivity contribution in [1.29, 1.82) is 0 Å². The van der Waals surface area contributed by atoms with Gasteiger partial charge in [-0.3, -0.25) is 4.79 Å². The number of benzene rings is 1. The molecule has 1 amide bonds. The fraction of sp³-hybridized carbons (Fsp3) is 0.562. The van der Waals surface area contributed by atoms with E-state index < -0.39 is 16.1 Å². The molecule has 1 aromatic carbocycles. The van der Waals surface area contributed by atoms with Crippen molar-refractivity contribution >= 4 is 21.6 Å². The van der Waals surface area contributed by atoms with E-state index in [-0.39, 0.29) is 16.9 Å². The number of carbonyl (C=O) groups excluding carboxylic acids is 1. The quantitative estimate of drug-likeness (QED) is 0.842. The molecule has 3 rings (SSSR count). The van der Waals surface area contributed by atoms with Crippen LogP contribution in [0, 0.1) is 0 Å². The highest BCUT2D eigenvalue weighted by molar-refractivity contribution is 7.89. The van der Waals surface area contributed by atoms with Gasteiger partial charge in [0.05, 0.1) is 11.0 Å². The summed E-state index contributed by atoms with van der Waals surface area (Å²) in [5.41, 5.74) is 7.25. The lowest BCUT2D eigenvalue weighted by Crippen LogP contribution is -2.38. The number of nitrogens with zero attached hydrogens (tertiary/aromatic N) is 2. The molecule has 0 radical (unpaired) electrons. The van der Waals surface area contributed by atoms with E-state index in [0.717, 1.165) is 18.4 Å². The van der Waals surface area contributed by atoms with E-state index in [0.29, 0.717) is 25.2 Å². The molecule has 1 aromatic rings. The maximum Gasteiger partial charge on any atom is 0.256 e. The van der Waals surface area contributed by atoms with Gasteiger partial charge in [-0.2, -0.15) is 0 Å². The first-order valence-electron chi connectivity index (χ1n) is 8.07. The molecule has 2 aliphatic rings. The molecule has 2 aliphatic heterocycles. The van der Waals surface area contributed by atoms with Crippen LogP contribution >= 0.6 is 0 Å². The molecule has 132 valence electrons. The lowest BCUT2D eigenvalue weighted by atomic mass is 10.1. The zero-order valence-electron chi connectivity index (χ0n) is 13.9. The minimum atomic E-state index is -3.53. The van der Waals surface area contributed by atoms with Gasteiger partial charge >= 0.3 is 0 Å². The van der Waals surface area contributed by atoms with Crippen molar-refractivity contribution in [2.24, 2.45) is 5.73 Å². The molecular formula is C16H23N3O4S. The highest BCUT2D eigenvalue weighted by atomic mass is 32.2. The lowest BCUT2D eigenvalue weighted by molar-refractivity contribution is -0.129. The van der Waals surface area contributed by atoms with Gasteiger partial charge in [-0.05, 0) is 37.0 Å². The molecule has 2 N–H and O–H groups in total. The van der Waals surface area contributed by atoms with E-state index >= 15 is 0 Å². The number of ether oxygens (including phenoxy) is 1. The van der Waals surface area contributed by atoms with Crippen LogP contribution in [0.1, 0.15) is 18.4 Å². The van der Waals surface area contributed by atoms with Crippen LogP contribution in [-0.2, 0) is 26.0 Å². The summed E-state index contributed by atoms with van der Waals surface area (Å²) in [6.45, 7) is 0.957. The molecule has 0 aliphatic carbocycles. The van der Waals surface area contributed by atoms with Crippen LogP contribution < -0.4 is 10.6 Å². The number of hydrogen-bond donors (Lipinski definition) is 1. The second kappa shape index (κ2) is 6.44. The molecular weight excluding hydrogens is 330 g/mol. The summed E-state index contributed by atoms with van der Waals surface area (Å²) in [6, 6.07) is 4.97. The first-order valence-corrected chi connectivity index (χ1v) is 9.51. The fourth-order valence-corrected chi connectivity index (χ4v) is 4.12. The summed E-state index contributed by atoms with van der Waals surface area (Å²) in [4.78, 5) is 14.6. The molecule has 0 aromatic heterocycles. The van der Waals surface area contributed by atoms with Crippen molar-refractivity contribution in [1.82, 2.24) is 4.31 Å². The maximum atomic E-state index is 12.8. The second-order valence-electron chi connectivity index (χ2n) is 6.38. The van der Waals surface area contributed by atoms with Crippen molar-refractivity contribution in [2.45, 2.75) is 36.4 Å². The average Bonchev–Trinajstić information content (AvgIpc) is 3.20. The van der Waals surface area contributed by atoms with Gasteiger partial charge in [0.2, 0.25) is 10.0 Å². The number of rotatable bonds is 4. The Morgan fingerprint density at radius 1 is 1.38 bits per heavy atom. The molecule has 2 atom stereocenters. The maximum absolute atomic E-state index is 12.8. The van der Waals surface area contributed by atoms with Gasteiger partial charge in [0.25, 0.3) is 5.91 Å². The van der Waals surface area contributed by atoms with Gasteiger partial charge in [0.15, 0.2) is 0 Å². The summed E-state index contributed by atoms with van der Waals surface area (Å²) in [7, 11) is -0.550. The molecule has 0 spiro atoms. The van der Waals surface area contributed by atoms with Crippen molar-refractivity contribution in [3.63, 3.8) is 0 Å². The van der Waals surface area contributed by atoms with Crippen LogP contribution in [0.15, 0.2) is 23.1 Å². The van der Waals surface area contributed by atoms with E-state index in [1.807, 2.05) is 0 Å². The third-order valence-electron chi connectivity index (χ3n) is 4.64. The summed E-state index contributed by atoms with van der Waals surface area (Å²) >= 11 is 0. The highest BCUT2D eigenvalue weighted by Gasteiger charge is 2.36. The third kappa shape index (κ3) is 2.95. The molecule has 8 heteroatoms. The Morgan fingerprint density at radius 2 is 2.12 bits per heavy atom. The first-order chi connectivity index (χ1) is 11.3. The molecule has 0 bridgehead atoms. The zero-order valence-corrected chi connectivity index (χ0v) is 14.8. The summed E-state index contributed by atoms with van der Waals surface area (Å²) in [6.07, 6.45) is 1.60. The van der Waals surface area contributed by atoms with Gasteiger partial charge in [0.1, 0.15) is 6.10 Å². The van der Waals surface area contributed by atoms with Crippen LogP contribution in [-0.4, -0.2) is 58.0 Å². The number of nitrogens with two attached hydrogens (primary N) is 1. The van der Waals surface area contributed by atoms with Crippen LogP contribution in [0.25, 0.3) is 0 Å². The van der Waals surface area contributed by atoms with Crippen LogP contribution in [0.4, 0.5) is 5.69 Å². The molecule has 2 heterocycles. The van der Waals surface area contributed by atoms with Gasteiger partial charge in [-0.1, -0.05) is 6.07 Å². The summed E-state index contributed by atoms with van der Waals surface area (Å²) < 4.78 is 31.5. The summed E-state index contributed by atoms with van der Waals surface area (Å²) in [5, 5.41) is 0. The van der Waals surface area contributed by atoms with E-state index in [1.165, 1.54) is 18.4 Å². The SMILES string of the molecule is CN(C)S(=O)(=O)c1ccc2c(c1)N(C(=O)[C@@H]1CC[C@H](CN)O1)CC2. The number of carbonyl (C=O) groups is 1. The Bertz CT molecular complexity index is 748. The number of hydrogen-bond acceptors (Lipinski definition) is 5. The van der Waals surface area contributed by atoms with Gasteiger partial charge < -0.3 is 15.4 Å². The molecule has 7 nitrogen and oxygen atoms in total. The number of sulfonamides is 1. The summed E-state index contributed by atoms with van der Waals surface area (Å²) in [5.74, 6) is -0.107. The van der Waals surface area contributed by atoms with Crippen molar-refractivity contribution < 1.29 is 17.9 Å². The van der Waals surface area contributed by atoms with E-state index in [1.54, 1.807) is 23.1 Å². The zero-order chi connectivity index (χ0) is 17.5. The van der Waals surface area contributed by atoms with Crippen molar-refractivity contribution in [3.05, 3.63) is 23.8 Å². The Hall–Kier alpha value is -1.48. The van der Waals surface area contributed by atoms with Crippen molar-refractivity contribution in [2.75, 3.05) is 32.1 Å². The molecule has 24 heavy (non-hydrogen) atoms. The van der Waals surface area contributed by atoms with E-state index in [2.05, 4.69) is 0 Å². The Labute approximate surface area is 142 Å². The Balaban J connectivity index is 1.87. The van der Waals surface area contributed by atoms with E-state index in [9.17, 15) is 13.2 Å². The van der Waals surface area contributed by atoms with Gasteiger partial charge in [-0.25, -0.2) is 12.7 Å². The number of anilines is 1. The topological polar surface area (TPSA) is 92.9 Å². The van der Waals surface area contributed by atoms with Crippen LogP contribution in [0.3, 0.4) is 0 Å². The fourth-order valence-electron chi connectivity index (χ4n) is 3.19. The molecule has 0 unspecified atom stereocenters. The predicted molar refractivity (Wildman–Crippen MR) is 90.3 cm³/mol. The van der Waals surface area contributed by atoms with Crippen LogP contribution in [0.5, 0.6) is 0 Å². The lowest BCUT2D eigenvalue weighted by Gasteiger charge is -2.22. The molecule has 0 saturated carbocycles. The Kier molecular flexibility index (Phi) is 4.65. The minimum absolute atomic E-state index is 0.0681. The van der Waals surface area contributed by atoms with Gasteiger partial charge in [0, 0.05) is 32.9 Å². The van der Waals surface area contributed by atoms with Gasteiger partial charge in [-0.15, -0.1) is 0 Å². The molecule has 1 fully saturated rings. The smallest absolute Gasteiger partial charge is 0.256 e. The second-order valence-corrected chi connectivity index (χ2v) is 8.53. The standard InChI is InChI=1S/C16H23N3O4S/c1-18(2)24(21,22)13-5-3-11-7-8-19(14(11)9-13)16(20)15-6-4-12(10-17)23-15/h3,5,9,12,15H,4,6-8,10,17H2,1-2H3/t12-,15+/m1/s1. The van der Waals surface area contributed by atoms with E-state index in [4.69, 9.17) is 10.5 Å². The number of amides is 1. The molecule has 1 saturated heterocycles. The average molecular weight is 353 g/mol. The monoisotopic (exact) mass is 353 g/mol. The number of fused-ring (bicyclic) bond motifs is 1. The highest BCUT2D eigenvalue weighted by Crippen LogP contribution is 2.33. The van der Waals surface area contributed by atoms with Crippen LogP contribution in [0.2, 0.25) is 0 Å². The first kappa shape index (κ1) is 17.3. The third-order valence-corrected chi connectivity index (χ3v) is 6.45. The van der Waals surface area contributed by atoms with Crippen molar-refractivity contribution in [3.8, 4) is 0 Å². The largest absolute Gasteiger partial charge is 0.364 e.